The van der Waals surface area contributed by atoms with E-state index in [9.17, 15) is 13.2 Å². The van der Waals surface area contributed by atoms with Crippen molar-refractivity contribution in [1.29, 1.82) is 0 Å². The Morgan fingerprint density at radius 1 is 1.11 bits per heavy atom. The number of hydrogen-bond donors (Lipinski definition) is 2. The van der Waals surface area contributed by atoms with E-state index in [0.717, 1.165) is 18.4 Å². The van der Waals surface area contributed by atoms with Crippen molar-refractivity contribution in [2.24, 2.45) is 5.73 Å². The first-order chi connectivity index (χ1) is 12.3. The summed E-state index contributed by atoms with van der Waals surface area (Å²) in [6.45, 7) is 3.71. The van der Waals surface area contributed by atoms with E-state index in [2.05, 4.69) is 22.3 Å². The van der Waals surface area contributed by atoms with Crippen molar-refractivity contribution >= 4 is 28.2 Å². The fraction of sp³-hybridized carbons (Fsp3) is 0.632. The second-order valence-electron chi connectivity index (χ2n) is 7.25. The highest BCUT2D eigenvalue weighted by Crippen LogP contribution is 2.14. The topological polar surface area (TPSA) is 92.5 Å². The first kappa shape index (κ1) is 23.9. The third-order valence-electron chi connectivity index (χ3n) is 4.73. The summed E-state index contributed by atoms with van der Waals surface area (Å²) < 4.78 is 22.3. The van der Waals surface area contributed by atoms with Crippen LogP contribution >= 0.6 is 12.4 Å². The van der Waals surface area contributed by atoms with Crippen LogP contribution in [0.25, 0.3) is 0 Å². The van der Waals surface area contributed by atoms with Crippen LogP contribution in [0.15, 0.2) is 24.3 Å². The van der Waals surface area contributed by atoms with Crippen LogP contribution in [0.5, 0.6) is 0 Å². The minimum absolute atomic E-state index is 0. The third kappa shape index (κ3) is 9.55. The van der Waals surface area contributed by atoms with Gasteiger partial charge in [-0.2, -0.15) is 0 Å². The van der Waals surface area contributed by atoms with Crippen molar-refractivity contribution in [3.63, 3.8) is 0 Å². The summed E-state index contributed by atoms with van der Waals surface area (Å²) in [4.78, 5) is 14.5. The predicted molar refractivity (Wildman–Crippen MR) is 112 cm³/mol. The lowest BCUT2D eigenvalue weighted by Crippen LogP contribution is -2.41. The Balaban J connectivity index is 0.00000364. The molecule has 0 radical (unpaired) electrons. The van der Waals surface area contributed by atoms with Gasteiger partial charge in [-0.05, 0) is 43.5 Å². The number of nitrogens with one attached hydrogen (secondary N) is 1. The van der Waals surface area contributed by atoms with E-state index in [-0.39, 0.29) is 30.5 Å². The summed E-state index contributed by atoms with van der Waals surface area (Å²) in [6, 6.07) is 7.46. The normalized spacial score (nSPS) is 16.8. The zero-order valence-electron chi connectivity index (χ0n) is 16.0. The molecule has 1 aliphatic rings. The molecule has 3 N–H and O–H groups in total. The van der Waals surface area contributed by atoms with Crippen LogP contribution in [0.4, 0.5) is 0 Å². The van der Waals surface area contributed by atoms with E-state index < -0.39 is 15.9 Å². The number of likely N-dealkylation sites (tertiary alicyclic amines) is 1. The first-order valence-electron chi connectivity index (χ1n) is 9.35. The zero-order chi connectivity index (χ0) is 19.0. The zero-order valence-corrected chi connectivity index (χ0v) is 17.7. The van der Waals surface area contributed by atoms with Crippen LogP contribution in [-0.4, -0.2) is 50.4 Å². The number of carbonyl (C=O) groups excluding carboxylic acids is 1. The van der Waals surface area contributed by atoms with Crippen LogP contribution < -0.4 is 11.1 Å². The molecule has 27 heavy (non-hydrogen) atoms. The Bertz CT molecular complexity index is 672. The SMILES string of the molecule is CS(=O)(=O)CCC(N)C(=O)NCc1ccc(CN2CCCCCC2)cc1.Cl. The lowest BCUT2D eigenvalue weighted by atomic mass is 10.1. The molecule has 1 aliphatic heterocycles. The summed E-state index contributed by atoms with van der Waals surface area (Å²) in [5.74, 6) is -0.394. The van der Waals surface area contributed by atoms with E-state index in [1.807, 2.05) is 12.1 Å². The number of nitrogens with two attached hydrogens (primary N) is 1. The second-order valence-corrected chi connectivity index (χ2v) is 9.51. The van der Waals surface area contributed by atoms with Crippen LogP contribution in [0.1, 0.15) is 43.2 Å². The van der Waals surface area contributed by atoms with Crippen molar-refractivity contribution in [3.05, 3.63) is 35.4 Å². The Kier molecular flexibility index (Phi) is 10.3. The molecule has 2 rings (SSSR count). The summed E-state index contributed by atoms with van der Waals surface area (Å²) >= 11 is 0. The van der Waals surface area contributed by atoms with Gasteiger partial charge in [-0.1, -0.05) is 37.1 Å². The molecule has 0 aliphatic carbocycles. The van der Waals surface area contributed by atoms with E-state index in [1.54, 1.807) is 0 Å². The number of sulfone groups is 1. The van der Waals surface area contributed by atoms with Gasteiger partial charge in [0.2, 0.25) is 5.91 Å². The molecule has 1 atom stereocenters. The molecule has 1 heterocycles. The second kappa shape index (κ2) is 11.6. The maximum atomic E-state index is 12.0. The Morgan fingerprint density at radius 2 is 1.67 bits per heavy atom. The molecule has 1 unspecified atom stereocenters. The maximum absolute atomic E-state index is 12.0. The van der Waals surface area contributed by atoms with E-state index >= 15 is 0 Å². The van der Waals surface area contributed by atoms with Gasteiger partial charge in [0.1, 0.15) is 9.84 Å². The standard InChI is InChI=1S/C19H31N3O3S.ClH/c1-26(24,25)13-10-18(20)19(23)21-14-16-6-8-17(9-7-16)15-22-11-4-2-3-5-12-22;/h6-9,18H,2-5,10-15,20H2,1H3,(H,21,23);1H. The van der Waals surface area contributed by atoms with Crippen LogP contribution in [-0.2, 0) is 27.7 Å². The monoisotopic (exact) mass is 417 g/mol. The van der Waals surface area contributed by atoms with Gasteiger partial charge < -0.3 is 11.1 Å². The number of amides is 1. The summed E-state index contributed by atoms with van der Waals surface area (Å²) in [6.07, 6.45) is 6.51. The van der Waals surface area contributed by atoms with Gasteiger partial charge in [0.15, 0.2) is 0 Å². The lowest BCUT2D eigenvalue weighted by molar-refractivity contribution is -0.122. The molecule has 0 spiro atoms. The van der Waals surface area contributed by atoms with E-state index in [4.69, 9.17) is 5.73 Å². The van der Waals surface area contributed by atoms with Gasteiger partial charge in [0.25, 0.3) is 0 Å². The maximum Gasteiger partial charge on any atom is 0.237 e. The molecule has 1 saturated heterocycles. The highest BCUT2D eigenvalue weighted by Gasteiger charge is 2.15. The number of hydrogen-bond acceptors (Lipinski definition) is 5. The third-order valence-corrected chi connectivity index (χ3v) is 5.71. The molecule has 0 bridgehead atoms. The molecule has 8 heteroatoms. The molecular formula is C19H32ClN3O3S. The van der Waals surface area contributed by atoms with Gasteiger partial charge >= 0.3 is 0 Å². The van der Waals surface area contributed by atoms with Crippen LogP contribution in [0.2, 0.25) is 0 Å². The highest BCUT2D eigenvalue weighted by atomic mass is 35.5. The first-order valence-corrected chi connectivity index (χ1v) is 11.4. The number of carbonyl (C=O) groups is 1. The van der Waals surface area contributed by atoms with Crippen molar-refractivity contribution in [2.75, 3.05) is 25.1 Å². The van der Waals surface area contributed by atoms with Crippen molar-refractivity contribution in [3.8, 4) is 0 Å². The summed E-state index contributed by atoms with van der Waals surface area (Å²) in [7, 11) is -3.10. The molecule has 0 saturated carbocycles. The molecule has 1 fully saturated rings. The van der Waals surface area contributed by atoms with Gasteiger partial charge in [0.05, 0.1) is 11.8 Å². The Hall–Kier alpha value is -1.15. The largest absolute Gasteiger partial charge is 0.351 e. The molecule has 1 aromatic carbocycles. The number of halogens is 1. The van der Waals surface area contributed by atoms with Crippen molar-refractivity contribution in [2.45, 2.75) is 51.2 Å². The van der Waals surface area contributed by atoms with E-state index in [1.165, 1.54) is 44.3 Å². The minimum atomic E-state index is -3.10. The van der Waals surface area contributed by atoms with E-state index in [0.29, 0.717) is 6.54 Å². The lowest BCUT2D eigenvalue weighted by Gasteiger charge is -2.20. The van der Waals surface area contributed by atoms with Crippen molar-refractivity contribution < 1.29 is 13.2 Å². The van der Waals surface area contributed by atoms with Crippen LogP contribution in [0.3, 0.4) is 0 Å². The fourth-order valence-corrected chi connectivity index (χ4v) is 3.79. The number of rotatable bonds is 8. The minimum Gasteiger partial charge on any atom is -0.351 e. The highest BCUT2D eigenvalue weighted by molar-refractivity contribution is 7.90. The van der Waals surface area contributed by atoms with Gasteiger partial charge in [0, 0.05) is 19.3 Å². The van der Waals surface area contributed by atoms with Crippen LogP contribution in [0, 0.1) is 0 Å². The summed E-state index contributed by atoms with van der Waals surface area (Å²) in [5.41, 5.74) is 8.04. The number of benzene rings is 1. The average molecular weight is 418 g/mol. The molecule has 0 aromatic heterocycles. The van der Waals surface area contributed by atoms with Crippen molar-refractivity contribution in [1.82, 2.24) is 10.2 Å². The number of nitrogens with zero attached hydrogens (tertiary/aromatic N) is 1. The molecule has 6 nitrogen and oxygen atoms in total. The average Bonchev–Trinajstić information content (AvgIpc) is 2.87. The van der Waals surface area contributed by atoms with Gasteiger partial charge in [-0.25, -0.2) is 8.42 Å². The smallest absolute Gasteiger partial charge is 0.237 e. The van der Waals surface area contributed by atoms with Gasteiger partial charge in [-0.15, -0.1) is 12.4 Å². The molecule has 154 valence electrons. The quantitative estimate of drug-likeness (QED) is 0.673. The molecule has 1 aromatic rings. The fourth-order valence-electron chi connectivity index (χ4n) is 3.11. The Morgan fingerprint density at radius 3 is 2.22 bits per heavy atom. The molecule has 1 amide bonds. The summed E-state index contributed by atoms with van der Waals surface area (Å²) in [5, 5.41) is 2.77. The predicted octanol–water partition coefficient (Wildman–Crippen LogP) is 1.86. The Labute approximate surface area is 169 Å². The van der Waals surface area contributed by atoms with Gasteiger partial charge in [-0.3, -0.25) is 9.69 Å². The molecular weight excluding hydrogens is 386 g/mol.